The molecular weight excluding hydrogens is 512 g/mol. The van der Waals surface area contributed by atoms with Gasteiger partial charge in [-0.2, -0.15) is 0 Å². The van der Waals surface area contributed by atoms with E-state index in [4.69, 9.17) is 23.7 Å². The van der Waals surface area contributed by atoms with Crippen molar-refractivity contribution in [2.45, 2.75) is 6.42 Å². The summed E-state index contributed by atoms with van der Waals surface area (Å²) in [5.74, 6) is 1.55. The topological polar surface area (TPSA) is 113 Å². The number of benzene rings is 3. The van der Waals surface area contributed by atoms with Crippen LogP contribution in [0.15, 0.2) is 54.6 Å². The second-order valence-electron chi connectivity index (χ2n) is 8.86. The molecule has 0 bridgehead atoms. The van der Waals surface area contributed by atoms with Crippen molar-refractivity contribution in [3.05, 3.63) is 65.7 Å². The first-order valence-electron chi connectivity index (χ1n) is 12.0. The molecule has 3 aromatic rings. The summed E-state index contributed by atoms with van der Waals surface area (Å²) in [5.41, 5.74) is 4.29. The summed E-state index contributed by atoms with van der Waals surface area (Å²) >= 11 is 0. The fourth-order valence-electron chi connectivity index (χ4n) is 4.39. The molecule has 2 aliphatic rings. The predicted molar refractivity (Wildman–Crippen MR) is 142 cm³/mol. The van der Waals surface area contributed by atoms with Crippen LogP contribution in [0.5, 0.6) is 17.2 Å². The number of rotatable bonds is 10. The van der Waals surface area contributed by atoms with Gasteiger partial charge in [-0.25, -0.2) is 8.42 Å². The number of hydrogen-bond donors (Lipinski definition) is 1. The fraction of sp³-hybridized carbons (Fsp3) is 0.296. The van der Waals surface area contributed by atoms with E-state index in [2.05, 4.69) is 4.72 Å². The van der Waals surface area contributed by atoms with Crippen LogP contribution in [-0.2, 0) is 25.9 Å². The van der Waals surface area contributed by atoms with Crippen molar-refractivity contribution in [1.82, 2.24) is 0 Å². The van der Waals surface area contributed by atoms with E-state index in [0.29, 0.717) is 43.2 Å². The summed E-state index contributed by atoms with van der Waals surface area (Å²) in [4.78, 5) is 15.1. The van der Waals surface area contributed by atoms with Crippen LogP contribution in [0.4, 0.5) is 11.4 Å². The zero-order valence-corrected chi connectivity index (χ0v) is 21.9. The summed E-state index contributed by atoms with van der Waals surface area (Å²) in [7, 11) is -2.03. The maximum absolute atomic E-state index is 13.5. The molecule has 38 heavy (non-hydrogen) atoms. The molecule has 3 aromatic carbocycles. The van der Waals surface area contributed by atoms with E-state index in [1.807, 2.05) is 36.4 Å². The number of methoxy groups -OCH3 is 1. The van der Waals surface area contributed by atoms with Crippen molar-refractivity contribution in [1.29, 1.82) is 0 Å². The number of nitrogens with one attached hydrogen (secondary N) is 1. The van der Waals surface area contributed by atoms with Gasteiger partial charge in [-0.05, 0) is 59.5 Å². The molecule has 2 heterocycles. The quantitative estimate of drug-likeness (QED) is 0.306. The van der Waals surface area contributed by atoms with Gasteiger partial charge in [0.1, 0.15) is 5.75 Å². The van der Waals surface area contributed by atoms with Crippen molar-refractivity contribution in [2.75, 3.05) is 56.3 Å². The largest absolute Gasteiger partial charge is 0.465 e. The standard InChI is InChI=1S/C27H28N2O8S/c1-33-11-12-34-16-35-24-8-5-21(15-23(24)28-38(2,31)32)29-10-9-20-13-18(3-6-22(20)27(29)30)19-4-7-25-26(14-19)37-17-36-25/h3-8,13-15,28H,9-12,16-17H2,1-2H3. The molecule has 5 rings (SSSR count). The number of carbonyl (C=O) groups excluding carboxylic acids is 1. The molecule has 2 aliphatic heterocycles. The number of amides is 1. The molecule has 1 N–H and O–H groups in total. The van der Waals surface area contributed by atoms with Crippen LogP contribution in [0.2, 0.25) is 0 Å². The number of ether oxygens (including phenoxy) is 5. The average Bonchev–Trinajstić information content (AvgIpc) is 3.36. The third-order valence-corrected chi connectivity index (χ3v) is 6.78. The molecule has 200 valence electrons. The van der Waals surface area contributed by atoms with Gasteiger partial charge in [0.05, 0.1) is 25.2 Å². The van der Waals surface area contributed by atoms with Crippen molar-refractivity contribution >= 4 is 27.3 Å². The number of hydrogen-bond acceptors (Lipinski definition) is 8. The highest BCUT2D eigenvalue weighted by molar-refractivity contribution is 7.92. The second kappa shape index (κ2) is 10.9. The third-order valence-electron chi connectivity index (χ3n) is 6.19. The Morgan fingerprint density at radius 3 is 2.58 bits per heavy atom. The van der Waals surface area contributed by atoms with E-state index in [9.17, 15) is 13.2 Å². The molecule has 11 heteroatoms. The zero-order valence-electron chi connectivity index (χ0n) is 21.1. The number of carbonyl (C=O) groups is 1. The molecule has 0 saturated carbocycles. The minimum Gasteiger partial charge on any atom is -0.465 e. The lowest BCUT2D eigenvalue weighted by atomic mass is 9.93. The monoisotopic (exact) mass is 540 g/mol. The van der Waals surface area contributed by atoms with Gasteiger partial charge < -0.3 is 28.6 Å². The molecule has 10 nitrogen and oxygen atoms in total. The van der Waals surface area contributed by atoms with E-state index < -0.39 is 10.0 Å². The van der Waals surface area contributed by atoms with Crippen LogP contribution < -0.4 is 23.8 Å². The van der Waals surface area contributed by atoms with E-state index in [1.54, 1.807) is 30.2 Å². The van der Waals surface area contributed by atoms with Crippen LogP contribution in [0.3, 0.4) is 0 Å². The Bertz CT molecular complexity index is 1460. The van der Waals surface area contributed by atoms with Gasteiger partial charge in [-0.15, -0.1) is 0 Å². The Balaban J connectivity index is 1.36. The Labute approximate surface area is 221 Å². The zero-order chi connectivity index (χ0) is 26.7. The molecule has 0 spiro atoms. The van der Waals surface area contributed by atoms with Crippen LogP contribution in [0.1, 0.15) is 15.9 Å². The van der Waals surface area contributed by atoms with Crippen molar-refractivity contribution < 1.29 is 36.9 Å². The number of fused-ring (bicyclic) bond motifs is 2. The van der Waals surface area contributed by atoms with E-state index >= 15 is 0 Å². The lowest BCUT2D eigenvalue weighted by molar-refractivity contribution is -0.00814. The minimum atomic E-state index is -3.59. The molecule has 0 unspecified atom stereocenters. The smallest absolute Gasteiger partial charge is 0.258 e. The molecule has 0 fully saturated rings. The molecule has 0 saturated heterocycles. The second-order valence-corrected chi connectivity index (χ2v) is 10.6. The number of anilines is 2. The van der Waals surface area contributed by atoms with E-state index in [0.717, 1.165) is 28.7 Å². The van der Waals surface area contributed by atoms with E-state index in [1.165, 1.54) is 0 Å². The molecule has 0 atom stereocenters. The summed E-state index contributed by atoms with van der Waals surface area (Å²) in [6, 6.07) is 16.5. The third kappa shape index (κ3) is 5.69. The van der Waals surface area contributed by atoms with Crippen LogP contribution in [-0.4, -0.2) is 61.0 Å². The highest BCUT2D eigenvalue weighted by atomic mass is 32.2. The van der Waals surface area contributed by atoms with E-state index in [-0.39, 0.29) is 30.9 Å². The molecule has 0 aromatic heterocycles. The molecular formula is C27H28N2O8S. The maximum Gasteiger partial charge on any atom is 0.258 e. The van der Waals surface area contributed by atoms with Crippen molar-refractivity contribution in [3.63, 3.8) is 0 Å². The fourth-order valence-corrected chi connectivity index (χ4v) is 4.95. The average molecular weight is 541 g/mol. The van der Waals surface area contributed by atoms with Gasteiger partial charge in [0.15, 0.2) is 18.3 Å². The summed E-state index contributed by atoms with van der Waals surface area (Å²) in [5, 5.41) is 0. The predicted octanol–water partition coefficient (Wildman–Crippen LogP) is 3.66. The molecule has 1 amide bonds. The van der Waals surface area contributed by atoms with Gasteiger partial charge in [0, 0.05) is 24.9 Å². The van der Waals surface area contributed by atoms with Gasteiger partial charge >= 0.3 is 0 Å². The number of sulfonamides is 1. The van der Waals surface area contributed by atoms with Crippen molar-refractivity contribution in [3.8, 4) is 28.4 Å². The highest BCUT2D eigenvalue weighted by Crippen LogP contribution is 2.37. The summed E-state index contributed by atoms with van der Waals surface area (Å²) < 4.78 is 53.2. The van der Waals surface area contributed by atoms with Gasteiger partial charge in [0.25, 0.3) is 5.91 Å². The molecule has 0 aliphatic carbocycles. The number of nitrogens with zero attached hydrogens (tertiary/aromatic N) is 1. The minimum absolute atomic E-state index is 0.0805. The Morgan fingerprint density at radius 2 is 1.76 bits per heavy atom. The normalized spacial score (nSPS) is 14.4. The van der Waals surface area contributed by atoms with Crippen LogP contribution in [0, 0.1) is 0 Å². The maximum atomic E-state index is 13.5. The van der Waals surface area contributed by atoms with Crippen LogP contribution >= 0.6 is 0 Å². The Hall–Kier alpha value is -3.80. The SMILES string of the molecule is COCCOCOc1ccc(N2CCc3cc(-c4ccc5c(c4)OCO5)ccc3C2=O)cc1NS(C)(=O)=O. The first-order chi connectivity index (χ1) is 18.3. The summed E-state index contributed by atoms with van der Waals surface area (Å²) in [6.07, 6.45) is 1.69. The highest BCUT2D eigenvalue weighted by Gasteiger charge is 2.27. The Morgan fingerprint density at radius 1 is 0.974 bits per heavy atom. The van der Waals surface area contributed by atoms with Gasteiger partial charge in [-0.3, -0.25) is 9.52 Å². The summed E-state index contributed by atoms with van der Waals surface area (Å²) in [6.45, 7) is 1.32. The first kappa shape index (κ1) is 25.8. The first-order valence-corrected chi connectivity index (χ1v) is 13.9. The van der Waals surface area contributed by atoms with Crippen LogP contribution in [0.25, 0.3) is 11.1 Å². The molecule has 0 radical (unpaired) electrons. The lowest BCUT2D eigenvalue weighted by Crippen LogP contribution is -2.37. The van der Waals surface area contributed by atoms with Gasteiger partial charge in [0.2, 0.25) is 16.8 Å². The van der Waals surface area contributed by atoms with Crippen molar-refractivity contribution in [2.24, 2.45) is 0 Å². The lowest BCUT2D eigenvalue weighted by Gasteiger charge is -2.29. The van der Waals surface area contributed by atoms with Gasteiger partial charge in [-0.1, -0.05) is 18.2 Å². The Kier molecular flexibility index (Phi) is 7.41.